The number of nitrogens with one attached hydrogen (secondary N) is 2. The van der Waals surface area contributed by atoms with Crippen molar-refractivity contribution in [3.8, 4) is 0 Å². The van der Waals surface area contributed by atoms with Crippen molar-refractivity contribution in [1.82, 2.24) is 14.8 Å². The summed E-state index contributed by atoms with van der Waals surface area (Å²) in [5.74, 6) is -0.714. The third-order valence-corrected chi connectivity index (χ3v) is 5.53. The summed E-state index contributed by atoms with van der Waals surface area (Å²) in [5.41, 5.74) is 4.60. The number of halogens is 1. The molecule has 164 valence electrons. The van der Waals surface area contributed by atoms with Crippen LogP contribution in [0.15, 0.2) is 53.7 Å². The Morgan fingerprint density at radius 3 is 2.50 bits per heavy atom. The lowest BCUT2D eigenvalue weighted by atomic mass is 9.95. The highest BCUT2D eigenvalue weighted by atomic mass is 35.5. The fraction of sp³-hybridized carbons (Fsp3) is 0.217. The Morgan fingerprint density at radius 1 is 1.12 bits per heavy atom. The maximum absolute atomic E-state index is 13.5. The molecule has 3 aromatic rings. The van der Waals surface area contributed by atoms with Gasteiger partial charge in [-0.15, -0.1) is 5.10 Å². The van der Waals surface area contributed by atoms with E-state index >= 15 is 0 Å². The Morgan fingerprint density at radius 2 is 1.84 bits per heavy atom. The number of aromatic nitrogens is 3. The molecule has 2 heterocycles. The highest BCUT2D eigenvalue weighted by Crippen LogP contribution is 2.36. The second kappa shape index (κ2) is 8.47. The topological polar surface area (TPSA) is 98.1 Å². The average Bonchev–Trinajstić information content (AvgIpc) is 3.18. The number of ether oxygens (including phenoxy) is 1. The van der Waals surface area contributed by atoms with Crippen LogP contribution in [0.1, 0.15) is 40.3 Å². The highest BCUT2D eigenvalue weighted by molar-refractivity contribution is 6.30. The van der Waals surface area contributed by atoms with E-state index in [1.807, 2.05) is 44.2 Å². The van der Waals surface area contributed by atoms with Crippen LogP contribution in [0.3, 0.4) is 0 Å². The molecule has 0 spiro atoms. The first-order valence-corrected chi connectivity index (χ1v) is 10.3. The number of allylic oxidation sites excluding steroid dienone is 1. The molecule has 32 heavy (non-hydrogen) atoms. The Hall–Kier alpha value is -3.65. The Labute approximate surface area is 190 Å². The number of benzene rings is 2. The number of rotatable bonds is 4. The van der Waals surface area contributed by atoms with E-state index in [-0.39, 0.29) is 11.7 Å². The third kappa shape index (κ3) is 3.97. The molecule has 1 aromatic heterocycles. The van der Waals surface area contributed by atoms with E-state index in [9.17, 15) is 9.59 Å². The number of carbonyl (C=O) groups excluding carboxylic acids is 2. The summed E-state index contributed by atoms with van der Waals surface area (Å²) in [4.78, 5) is 29.7. The van der Waals surface area contributed by atoms with E-state index in [0.29, 0.717) is 22.2 Å². The van der Waals surface area contributed by atoms with Crippen LogP contribution in [-0.2, 0) is 9.53 Å². The van der Waals surface area contributed by atoms with Gasteiger partial charge in [-0.2, -0.15) is 4.98 Å². The smallest absolute Gasteiger partial charge is 0.378 e. The molecule has 0 aliphatic carbocycles. The highest BCUT2D eigenvalue weighted by Gasteiger charge is 2.35. The molecule has 2 aromatic carbocycles. The summed E-state index contributed by atoms with van der Waals surface area (Å²) in [7, 11) is 1.26. The molecule has 1 aliphatic heterocycles. The summed E-state index contributed by atoms with van der Waals surface area (Å²) in [5, 5.41) is 11.0. The van der Waals surface area contributed by atoms with Gasteiger partial charge in [-0.05, 0) is 50.1 Å². The van der Waals surface area contributed by atoms with Gasteiger partial charge in [0.05, 0.1) is 12.7 Å². The molecule has 0 saturated carbocycles. The van der Waals surface area contributed by atoms with E-state index < -0.39 is 12.0 Å². The first-order valence-electron chi connectivity index (χ1n) is 9.95. The lowest BCUT2D eigenvalue weighted by molar-refractivity contribution is -0.113. The van der Waals surface area contributed by atoms with E-state index in [4.69, 9.17) is 16.3 Å². The van der Waals surface area contributed by atoms with Gasteiger partial charge in [0.25, 0.3) is 11.7 Å². The Kier molecular flexibility index (Phi) is 5.71. The average molecular weight is 452 g/mol. The predicted molar refractivity (Wildman–Crippen MR) is 122 cm³/mol. The van der Waals surface area contributed by atoms with E-state index in [1.54, 1.807) is 19.1 Å². The van der Waals surface area contributed by atoms with Crippen LogP contribution in [0.2, 0.25) is 5.02 Å². The van der Waals surface area contributed by atoms with Crippen molar-refractivity contribution in [2.75, 3.05) is 17.7 Å². The van der Waals surface area contributed by atoms with Gasteiger partial charge in [0, 0.05) is 16.4 Å². The maximum Gasteiger partial charge on any atom is 0.378 e. The van der Waals surface area contributed by atoms with E-state index in [0.717, 1.165) is 22.4 Å². The summed E-state index contributed by atoms with van der Waals surface area (Å²) < 4.78 is 6.27. The first-order chi connectivity index (χ1) is 15.3. The van der Waals surface area contributed by atoms with Crippen molar-refractivity contribution in [2.24, 2.45) is 0 Å². The number of esters is 1. The van der Waals surface area contributed by atoms with Crippen molar-refractivity contribution in [3.63, 3.8) is 0 Å². The van der Waals surface area contributed by atoms with E-state index in [1.165, 1.54) is 11.8 Å². The van der Waals surface area contributed by atoms with Crippen LogP contribution in [0.5, 0.6) is 0 Å². The molecule has 9 heteroatoms. The quantitative estimate of drug-likeness (QED) is 0.575. The van der Waals surface area contributed by atoms with Crippen LogP contribution in [-0.4, -0.2) is 33.8 Å². The lowest BCUT2D eigenvalue weighted by Crippen LogP contribution is -2.31. The van der Waals surface area contributed by atoms with Crippen molar-refractivity contribution in [1.29, 1.82) is 0 Å². The molecule has 4 rings (SSSR count). The zero-order valence-electron chi connectivity index (χ0n) is 18.1. The molecule has 1 atom stereocenters. The normalized spacial score (nSPS) is 15.1. The van der Waals surface area contributed by atoms with Crippen molar-refractivity contribution in [2.45, 2.75) is 26.8 Å². The molecule has 0 radical (unpaired) electrons. The number of anilines is 2. The van der Waals surface area contributed by atoms with Crippen LogP contribution in [0, 0.1) is 13.8 Å². The molecule has 0 saturated heterocycles. The van der Waals surface area contributed by atoms with Gasteiger partial charge in [-0.3, -0.25) is 4.79 Å². The second-order valence-electron chi connectivity index (χ2n) is 7.59. The minimum Gasteiger partial charge on any atom is -0.463 e. The number of nitrogens with zero attached hydrogens (tertiary/aromatic N) is 3. The molecule has 0 bridgehead atoms. The van der Waals surface area contributed by atoms with Gasteiger partial charge in [-0.1, -0.05) is 41.4 Å². The monoisotopic (exact) mass is 451 g/mol. The number of methoxy groups -OCH3 is 1. The molecule has 0 fully saturated rings. The van der Waals surface area contributed by atoms with Crippen molar-refractivity contribution >= 4 is 35.1 Å². The summed E-state index contributed by atoms with van der Waals surface area (Å²) in [6.45, 7) is 5.73. The van der Waals surface area contributed by atoms with E-state index in [2.05, 4.69) is 20.7 Å². The second-order valence-corrected chi connectivity index (χ2v) is 8.02. The predicted octanol–water partition coefficient (Wildman–Crippen LogP) is 4.26. The molecular formula is C23H22ClN5O3. The molecule has 0 unspecified atom stereocenters. The molecule has 1 amide bonds. The minimum atomic E-state index is -0.664. The third-order valence-electron chi connectivity index (χ3n) is 5.28. The van der Waals surface area contributed by atoms with Gasteiger partial charge in [0.15, 0.2) is 0 Å². The van der Waals surface area contributed by atoms with Crippen LogP contribution < -0.4 is 10.6 Å². The van der Waals surface area contributed by atoms with Crippen molar-refractivity contribution < 1.29 is 14.3 Å². The lowest BCUT2D eigenvalue weighted by Gasteiger charge is -2.29. The fourth-order valence-corrected chi connectivity index (χ4v) is 3.85. The zero-order valence-corrected chi connectivity index (χ0v) is 18.8. The molecular weight excluding hydrogens is 430 g/mol. The first kappa shape index (κ1) is 21.6. The van der Waals surface area contributed by atoms with Crippen LogP contribution in [0.4, 0.5) is 11.6 Å². The van der Waals surface area contributed by atoms with Crippen LogP contribution in [0.25, 0.3) is 0 Å². The number of aryl methyl sites for hydroxylation is 2. The number of amides is 1. The van der Waals surface area contributed by atoms with Crippen LogP contribution >= 0.6 is 11.6 Å². The molecule has 1 aliphatic rings. The molecule has 2 N–H and O–H groups in total. The number of hydrogen-bond donors (Lipinski definition) is 2. The van der Waals surface area contributed by atoms with Gasteiger partial charge >= 0.3 is 5.97 Å². The SMILES string of the molecule is COC(=O)c1nc2n(n1)[C@@H](c1ccc(Cl)cc1)C(C(=O)Nc1ccc(C)cc1C)=C(C)N2. The largest absolute Gasteiger partial charge is 0.463 e. The summed E-state index contributed by atoms with van der Waals surface area (Å²) >= 11 is 6.08. The summed E-state index contributed by atoms with van der Waals surface area (Å²) in [6.07, 6.45) is 0. The Balaban J connectivity index is 1.80. The fourth-order valence-electron chi connectivity index (χ4n) is 3.72. The Bertz CT molecular complexity index is 1250. The van der Waals surface area contributed by atoms with Gasteiger partial charge in [0.1, 0.15) is 6.04 Å². The standard InChI is InChI=1S/C23H22ClN5O3/c1-12-5-10-17(13(2)11-12)26-21(30)18-14(3)25-23-27-20(22(31)32-4)28-29(23)19(18)15-6-8-16(24)9-7-15/h5-11,19H,1-4H3,(H,26,30)(H,25,27,28)/t19-/m0/s1. The molecule has 8 nitrogen and oxygen atoms in total. The van der Waals surface area contributed by atoms with Gasteiger partial charge in [-0.25, -0.2) is 9.48 Å². The van der Waals surface area contributed by atoms with Gasteiger partial charge < -0.3 is 15.4 Å². The minimum absolute atomic E-state index is 0.0993. The maximum atomic E-state index is 13.5. The number of hydrogen-bond acceptors (Lipinski definition) is 6. The number of carbonyl (C=O) groups is 2. The zero-order chi connectivity index (χ0) is 23.0. The van der Waals surface area contributed by atoms with Gasteiger partial charge in [0.2, 0.25) is 5.95 Å². The summed E-state index contributed by atoms with van der Waals surface area (Å²) in [6, 6.07) is 12.3. The van der Waals surface area contributed by atoms with Crippen molar-refractivity contribution in [3.05, 3.63) is 81.3 Å². The number of fused-ring (bicyclic) bond motifs is 1.